The minimum absolute atomic E-state index is 0.0317. The maximum atomic E-state index is 11.9. The largest absolute Gasteiger partial charge is 0.387 e. The Kier molecular flexibility index (Phi) is 4.11. The van der Waals surface area contributed by atoms with Crippen LogP contribution in [0.5, 0.6) is 0 Å². The molecule has 1 amide bonds. The molecule has 0 aromatic carbocycles. The van der Waals surface area contributed by atoms with Crippen LogP contribution >= 0.6 is 0 Å². The molecule has 110 valence electrons. The summed E-state index contributed by atoms with van der Waals surface area (Å²) in [4.78, 5) is 15.9. The first kappa shape index (κ1) is 14.9. The molecule has 1 saturated carbocycles. The number of rotatable bonds is 5. The number of carbonyl (C=O) groups is 1. The maximum absolute atomic E-state index is 11.9. The molecule has 5 nitrogen and oxygen atoms in total. The van der Waals surface area contributed by atoms with Gasteiger partial charge in [-0.3, -0.25) is 9.78 Å². The first-order valence-electron chi connectivity index (χ1n) is 6.94. The van der Waals surface area contributed by atoms with Gasteiger partial charge in [-0.1, -0.05) is 19.9 Å². The van der Waals surface area contributed by atoms with Crippen molar-refractivity contribution in [2.45, 2.75) is 38.9 Å². The zero-order valence-electron chi connectivity index (χ0n) is 12.2. The molecule has 0 radical (unpaired) electrons. The van der Waals surface area contributed by atoms with E-state index in [1.54, 1.807) is 24.4 Å². The average Bonchev–Trinajstić information content (AvgIpc) is 2.45. The Morgan fingerprint density at radius 3 is 2.85 bits per heavy atom. The number of carbonyl (C=O) groups excluding carboxylic acids is 1. The van der Waals surface area contributed by atoms with Crippen molar-refractivity contribution >= 4 is 5.91 Å². The third-order valence-electron chi connectivity index (χ3n) is 4.33. The Morgan fingerprint density at radius 1 is 1.55 bits per heavy atom. The third-order valence-corrected chi connectivity index (χ3v) is 4.33. The molecule has 0 saturated heterocycles. The second-order valence-electron chi connectivity index (χ2n) is 5.80. The number of nitrogens with one attached hydrogen (secondary N) is 1. The van der Waals surface area contributed by atoms with Gasteiger partial charge in [0.05, 0.1) is 11.7 Å². The van der Waals surface area contributed by atoms with Gasteiger partial charge in [-0.25, -0.2) is 0 Å². The van der Waals surface area contributed by atoms with Crippen LogP contribution in [0.1, 0.15) is 37.7 Å². The van der Waals surface area contributed by atoms with E-state index in [1.165, 1.54) is 0 Å². The second kappa shape index (κ2) is 5.50. The topological polar surface area (TPSA) is 71.5 Å². The van der Waals surface area contributed by atoms with Crippen molar-refractivity contribution in [1.29, 1.82) is 0 Å². The molecule has 0 aliphatic heterocycles. The lowest BCUT2D eigenvalue weighted by Crippen LogP contribution is -2.68. The molecule has 0 bridgehead atoms. The first-order chi connectivity index (χ1) is 9.40. The molecule has 1 aromatic rings. The molecule has 1 fully saturated rings. The highest BCUT2D eigenvalue weighted by Crippen LogP contribution is 2.50. The van der Waals surface area contributed by atoms with E-state index in [0.717, 1.165) is 0 Å². The van der Waals surface area contributed by atoms with Crippen LogP contribution in [0.4, 0.5) is 0 Å². The summed E-state index contributed by atoms with van der Waals surface area (Å²) in [6.07, 6.45) is 2.14. The Bertz CT molecular complexity index is 475. The quantitative estimate of drug-likeness (QED) is 0.853. The summed E-state index contributed by atoms with van der Waals surface area (Å²) >= 11 is 0. The van der Waals surface area contributed by atoms with Crippen molar-refractivity contribution in [3.63, 3.8) is 0 Å². The molecule has 2 N–H and O–H groups in total. The van der Waals surface area contributed by atoms with E-state index in [0.29, 0.717) is 18.7 Å². The highest BCUT2D eigenvalue weighted by atomic mass is 16.5. The fourth-order valence-electron chi connectivity index (χ4n) is 2.58. The van der Waals surface area contributed by atoms with Crippen LogP contribution in [-0.4, -0.2) is 40.9 Å². The van der Waals surface area contributed by atoms with Crippen molar-refractivity contribution in [3.05, 3.63) is 30.1 Å². The summed E-state index contributed by atoms with van der Waals surface area (Å²) in [6, 6.07) is 5.16. The van der Waals surface area contributed by atoms with Gasteiger partial charge in [0, 0.05) is 31.2 Å². The smallest absolute Gasteiger partial charge is 0.269 e. The zero-order chi connectivity index (χ0) is 14.8. The molecule has 2 atom stereocenters. The van der Waals surface area contributed by atoms with Crippen molar-refractivity contribution < 1.29 is 14.6 Å². The molecule has 0 spiro atoms. The number of aliphatic hydroxyl groups is 1. The van der Waals surface area contributed by atoms with E-state index in [9.17, 15) is 9.90 Å². The van der Waals surface area contributed by atoms with Gasteiger partial charge < -0.3 is 15.2 Å². The summed E-state index contributed by atoms with van der Waals surface area (Å²) < 4.78 is 5.59. The molecule has 1 aliphatic carbocycles. The molecule has 1 aromatic heterocycles. The van der Waals surface area contributed by atoms with Gasteiger partial charge in [-0.05, 0) is 19.1 Å². The van der Waals surface area contributed by atoms with Crippen LogP contribution in [0.3, 0.4) is 0 Å². The normalized spacial score (nSPS) is 27.7. The molecule has 5 heteroatoms. The minimum Gasteiger partial charge on any atom is -0.387 e. The Morgan fingerprint density at radius 2 is 2.30 bits per heavy atom. The standard InChI is InChI=1S/C15H22N2O3/c1-4-20-12-9-15(19,14(12,2)3)10-17-13(18)11-7-5-6-8-16-11/h5-8,12,19H,4,9-10H2,1-3H3,(H,17,18)/t12-,15+/m0/s1. The lowest BCUT2D eigenvalue weighted by molar-refractivity contribution is -0.237. The van der Waals surface area contributed by atoms with Crippen molar-refractivity contribution in [3.8, 4) is 0 Å². The SMILES string of the molecule is CCO[C@H]1C[C@@](O)(CNC(=O)c2ccccn2)C1(C)C. The van der Waals surface area contributed by atoms with E-state index >= 15 is 0 Å². The number of amides is 1. The van der Waals surface area contributed by atoms with Crippen molar-refractivity contribution in [1.82, 2.24) is 10.3 Å². The predicted molar refractivity (Wildman–Crippen MR) is 75.3 cm³/mol. The van der Waals surface area contributed by atoms with E-state index in [2.05, 4.69) is 10.3 Å². The van der Waals surface area contributed by atoms with Gasteiger partial charge in [0.15, 0.2) is 0 Å². The van der Waals surface area contributed by atoms with Gasteiger partial charge >= 0.3 is 0 Å². The van der Waals surface area contributed by atoms with E-state index in [4.69, 9.17) is 4.74 Å². The highest BCUT2D eigenvalue weighted by Gasteiger charge is 2.59. The van der Waals surface area contributed by atoms with Gasteiger partial charge in [-0.15, -0.1) is 0 Å². The molecular weight excluding hydrogens is 256 g/mol. The lowest BCUT2D eigenvalue weighted by atomic mass is 9.56. The number of aromatic nitrogens is 1. The van der Waals surface area contributed by atoms with Crippen LogP contribution in [-0.2, 0) is 4.74 Å². The third kappa shape index (κ3) is 2.55. The number of pyridine rings is 1. The van der Waals surface area contributed by atoms with Gasteiger partial charge in [0.2, 0.25) is 0 Å². The number of nitrogens with zero attached hydrogens (tertiary/aromatic N) is 1. The van der Waals surface area contributed by atoms with Crippen LogP contribution in [0, 0.1) is 5.41 Å². The fraction of sp³-hybridized carbons (Fsp3) is 0.600. The Balaban J connectivity index is 1.93. The first-order valence-corrected chi connectivity index (χ1v) is 6.94. The fourth-order valence-corrected chi connectivity index (χ4v) is 2.58. The zero-order valence-corrected chi connectivity index (χ0v) is 12.2. The van der Waals surface area contributed by atoms with Crippen LogP contribution in [0.25, 0.3) is 0 Å². The maximum Gasteiger partial charge on any atom is 0.269 e. The molecular formula is C15H22N2O3. The molecule has 2 rings (SSSR count). The van der Waals surface area contributed by atoms with Crippen LogP contribution < -0.4 is 5.32 Å². The lowest BCUT2D eigenvalue weighted by Gasteiger charge is -2.57. The summed E-state index contributed by atoms with van der Waals surface area (Å²) in [6.45, 7) is 6.70. The second-order valence-corrected chi connectivity index (χ2v) is 5.80. The number of ether oxygens (including phenoxy) is 1. The highest BCUT2D eigenvalue weighted by molar-refractivity contribution is 5.92. The van der Waals surface area contributed by atoms with Crippen LogP contribution in [0.2, 0.25) is 0 Å². The van der Waals surface area contributed by atoms with E-state index in [-0.39, 0.29) is 24.0 Å². The summed E-state index contributed by atoms with van der Waals surface area (Å²) in [5.74, 6) is -0.269. The van der Waals surface area contributed by atoms with Crippen LogP contribution in [0.15, 0.2) is 24.4 Å². The Hall–Kier alpha value is -1.46. The number of hydrogen-bond acceptors (Lipinski definition) is 4. The predicted octanol–water partition coefficient (Wildman–Crippen LogP) is 1.38. The average molecular weight is 278 g/mol. The molecule has 20 heavy (non-hydrogen) atoms. The monoisotopic (exact) mass is 278 g/mol. The molecule has 0 unspecified atom stereocenters. The van der Waals surface area contributed by atoms with Gasteiger partial charge in [0.25, 0.3) is 5.91 Å². The summed E-state index contributed by atoms with van der Waals surface area (Å²) in [7, 11) is 0. The van der Waals surface area contributed by atoms with Crippen molar-refractivity contribution in [2.24, 2.45) is 5.41 Å². The van der Waals surface area contributed by atoms with E-state index < -0.39 is 5.60 Å². The molecule has 1 aliphatic rings. The van der Waals surface area contributed by atoms with Gasteiger partial charge in [-0.2, -0.15) is 0 Å². The van der Waals surface area contributed by atoms with Gasteiger partial charge in [0.1, 0.15) is 5.69 Å². The Labute approximate surface area is 119 Å². The number of hydrogen-bond donors (Lipinski definition) is 2. The minimum atomic E-state index is -0.933. The molecule has 1 heterocycles. The van der Waals surface area contributed by atoms with Crippen molar-refractivity contribution in [2.75, 3.05) is 13.2 Å². The summed E-state index contributed by atoms with van der Waals surface area (Å²) in [5.41, 5.74) is -0.952. The summed E-state index contributed by atoms with van der Waals surface area (Å²) in [5, 5.41) is 13.4. The van der Waals surface area contributed by atoms with E-state index in [1.807, 2.05) is 20.8 Å².